The number of hydrogen-bond acceptors (Lipinski definition) is 4. The molecule has 0 heterocycles. The molecule has 3 aromatic carbocycles. The minimum absolute atomic E-state index is 0.130. The maximum Gasteiger partial charge on any atom is 0.255 e. The molecule has 0 radical (unpaired) electrons. The maximum atomic E-state index is 12.3. The summed E-state index contributed by atoms with van der Waals surface area (Å²) in [6.45, 7) is 2.12. The summed E-state index contributed by atoms with van der Waals surface area (Å²) in [5.74, 6) is 0.374. The van der Waals surface area contributed by atoms with Gasteiger partial charge in [-0.3, -0.25) is 9.59 Å². The lowest BCUT2D eigenvalue weighted by Crippen LogP contribution is -2.21. The minimum Gasteiger partial charge on any atom is -0.497 e. The van der Waals surface area contributed by atoms with Gasteiger partial charge in [-0.05, 0) is 67.6 Å². The smallest absolute Gasteiger partial charge is 0.255 e. The lowest BCUT2D eigenvalue weighted by atomic mass is 10.2. The van der Waals surface area contributed by atoms with Crippen LogP contribution in [-0.4, -0.2) is 25.5 Å². The molecule has 3 aromatic rings. The van der Waals surface area contributed by atoms with Crippen molar-refractivity contribution in [3.63, 3.8) is 0 Å². The highest BCUT2D eigenvalue weighted by atomic mass is 16.5. The number of benzene rings is 3. The lowest BCUT2D eigenvalue weighted by molar-refractivity contribution is -0.114. The van der Waals surface area contributed by atoms with Crippen LogP contribution in [0.25, 0.3) is 0 Å². The zero-order chi connectivity index (χ0) is 20.6. The Bertz CT molecular complexity index is 966. The van der Waals surface area contributed by atoms with Crippen LogP contribution in [0, 0.1) is 6.92 Å². The SMILES string of the molecule is COc1ccc(NC(=O)c2ccc(NCC(=O)Nc3ccc(C)cc3)cc2)cc1. The second kappa shape index (κ2) is 9.41. The monoisotopic (exact) mass is 389 g/mol. The quantitative estimate of drug-likeness (QED) is 0.563. The highest BCUT2D eigenvalue weighted by Gasteiger charge is 2.07. The van der Waals surface area contributed by atoms with E-state index in [9.17, 15) is 9.59 Å². The van der Waals surface area contributed by atoms with Crippen LogP contribution in [0.15, 0.2) is 72.8 Å². The van der Waals surface area contributed by atoms with E-state index < -0.39 is 0 Å². The van der Waals surface area contributed by atoms with Gasteiger partial charge in [0.1, 0.15) is 5.75 Å². The van der Waals surface area contributed by atoms with Gasteiger partial charge in [0.2, 0.25) is 5.91 Å². The van der Waals surface area contributed by atoms with Gasteiger partial charge in [-0.25, -0.2) is 0 Å². The molecule has 3 rings (SSSR count). The van der Waals surface area contributed by atoms with Gasteiger partial charge in [0.25, 0.3) is 5.91 Å². The van der Waals surface area contributed by atoms with Crippen LogP contribution >= 0.6 is 0 Å². The second-order valence-corrected chi connectivity index (χ2v) is 6.53. The van der Waals surface area contributed by atoms with Gasteiger partial charge < -0.3 is 20.7 Å². The van der Waals surface area contributed by atoms with Crippen molar-refractivity contribution >= 4 is 28.9 Å². The van der Waals surface area contributed by atoms with Crippen LogP contribution in [0.2, 0.25) is 0 Å². The van der Waals surface area contributed by atoms with Crippen LogP contribution in [0.5, 0.6) is 5.75 Å². The summed E-state index contributed by atoms with van der Waals surface area (Å²) in [5.41, 5.74) is 3.86. The third-order valence-electron chi connectivity index (χ3n) is 4.28. The Morgan fingerprint density at radius 2 is 1.31 bits per heavy atom. The molecule has 0 aliphatic carbocycles. The highest BCUT2D eigenvalue weighted by molar-refractivity contribution is 6.04. The summed E-state index contributed by atoms with van der Waals surface area (Å²) in [4.78, 5) is 24.4. The molecule has 0 saturated heterocycles. The van der Waals surface area contributed by atoms with Gasteiger partial charge in [-0.1, -0.05) is 17.7 Å². The molecule has 2 amide bonds. The van der Waals surface area contributed by atoms with Crippen molar-refractivity contribution in [1.82, 2.24) is 0 Å². The number of nitrogens with one attached hydrogen (secondary N) is 3. The molecule has 0 aromatic heterocycles. The molecular formula is C23H23N3O3. The first kappa shape index (κ1) is 19.9. The number of ether oxygens (including phenoxy) is 1. The van der Waals surface area contributed by atoms with E-state index in [1.165, 1.54) is 0 Å². The number of methoxy groups -OCH3 is 1. The number of rotatable bonds is 7. The first-order chi connectivity index (χ1) is 14.0. The van der Waals surface area contributed by atoms with Crippen LogP contribution < -0.4 is 20.7 Å². The predicted octanol–water partition coefficient (Wildman–Crippen LogP) is 4.31. The molecule has 148 valence electrons. The van der Waals surface area contributed by atoms with E-state index in [1.807, 2.05) is 31.2 Å². The summed E-state index contributed by atoms with van der Waals surface area (Å²) >= 11 is 0. The Hall–Kier alpha value is -3.80. The summed E-state index contributed by atoms with van der Waals surface area (Å²) in [6.07, 6.45) is 0. The molecule has 0 bridgehead atoms. The molecule has 0 saturated carbocycles. The Kier molecular flexibility index (Phi) is 6.47. The zero-order valence-electron chi connectivity index (χ0n) is 16.4. The number of carbonyl (C=O) groups excluding carboxylic acids is 2. The number of anilines is 3. The van der Waals surface area contributed by atoms with Crippen LogP contribution in [0.4, 0.5) is 17.1 Å². The van der Waals surface area contributed by atoms with E-state index in [0.717, 1.165) is 22.7 Å². The molecule has 6 heteroatoms. The fraction of sp³-hybridized carbons (Fsp3) is 0.130. The molecule has 0 spiro atoms. The fourth-order valence-corrected chi connectivity index (χ4v) is 2.64. The lowest BCUT2D eigenvalue weighted by Gasteiger charge is -2.09. The molecular weight excluding hydrogens is 366 g/mol. The molecule has 3 N–H and O–H groups in total. The normalized spacial score (nSPS) is 10.1. The summed E-state index contributed by atoms with van der Waals surface area (Å²) in [6, 6.07) is 21.7. The molecule has 6 nitrogen and oxygen atoms in total. The van der Waals surface area contributed by atoms with Gasteiger partial charge >= 0.3 is 0 Å². The summed E-state index contributed by atoms with van der Waals surface area (Å²) in [5, 5.41) is 8.71. The molecule has 0 aliphatic heterocycles. The van der Waals surface area contributed by atoms with Crippen molar-refractivity contribution in [2.75, 3.05) is 29.6 Å². The summed E-state index contributed by atoms with van der Waals surface area (Å²) < 4.78 is 5.10. The first-order valence-corrected chi connectivity index (χ1v) is 9.19. The average Bonchev–Trinajstić information content (AvgIpc) is 2.75. The molecule has 0 aliphatic rings. The van der Waals surface area contributed by atoms with Crippen LogP contribution in [-0.2, 0) is 4.79 Å². The predicted molar refractivity (Wildman–Crippen MR) is 116 cm³/mol. The van der Waals surface area contributed by atoms with E-state index >= 15 is 0 Å². The number of carbonyl (C=O) groups is 2. The second-order valence-electron chi connectivity index (χ2n) is 6.53. The number of aryl methyl sites for hydroxylation is 1. The van der Waals surface area contributed by atoms with E-state index in [2.05, 4.69) is 16.0 Å². The first-order valence-electron chi connectivity index (χ1n) is 9.19. The molecule has 29 heavy (non-hydrogen) atoms. The third kappa shape index (κ3) is 5.84. The van der Waals surface area contributed by atoms with Crippen molar-refractivity contribution in [1.29, 1.82) is 0 Å². The number of hydrogen-bond donors (Lipinski definition) is 3. The van der Waals surface area contributed by atoms with Crippen LogP contribution in [0.1, 0.15) is 15.9 Å². The third-order valence-corrected chi connectivity index (χ3v) is 4.28. The minimum atomic E-state index is -0.209. The number of amides is 2. The van der Waals surface area contributed by atoms with E-state index in [0.29, 0.717) is 11.3 Å². The molecule has 0 atom stereocenters. The van der Waals surface area contributed by atoms with Gasteiger partial charge in [0.05, 0.1) is 13.7 Å². The fourth-order valence-electron chi connectivity index (χ4n) is 2.64. The van der Waals surface area contributed by atoms with E-state index in [4.69, 9.17) is 4.74 Å². The van der Waals surface area contributed by atoms with Crippen molar-refractivity contribution in [3.8, 4) is 5.75 Å². The van der Waals surface area contributed by atoms with E-state index in [-0.39, 0.29) is 18.4 Å². The van der Waals surface area contributed by atoms with Gasteiger partial charge in [-0.15, -0.1) is 0 Å². The Labute approximate surface area is 169 Å². The van der Waals surface area contributed by atoms with Crippen molar-refractivity contribution in [2.45, 2.75) is 6.92 Å². The Morgan fingerprint density at radius 3 is 1.93 bits per heavy atom. The van der Waals surface area contributed by atoms with E-state index in [1.54, 1.807) is 55.6 Å². The zero-order valence-corrected chi connectivity index (χ0v) is 16.4. The largest absolute Gasteiger partial charge is 0.497 e. The van der Waals surface area contributed by atoms with Gasteiger partial charge in [-0.2, -0.15) is 0 Å². The molecule has 0 fully saturated rings. The molecule has 0 unspecified atom stereocenters. The standard InChI is InChI=1S/C23H23N3O3/c1-16-3-7-19(8-4-16)25-22(27)15-24-18-9-5-17(6-10-18)23(28)26-20-11-13-21(29-2)14-12-20/h3-14,24H,15H2,1-2H3,(H,25,27)(H,26,28). The van der Waals surface area contributed by atoms with Gasteiger partial charge in [0.15, 0.2) is 0 Å². The Morgan fingerprint density at radius 1 is 0.759 bits per heavy atom. The van der Waals surface area contributed by atoms with Crippen molar-refractivity contribution in [3.05, 3.63) is 83.9 Å². The average molecular weight is 389 g/mol. The van der Waals surface area contributed by atoms with Gasteiger partial charge in [0, 0.05) is 22.6 Å². The Balaban J connectivity index is 1.50. The topological polar surface area (TPSA) is 79.5 Å². The summed E-state index contributed by atoms with van der Waals surface area (Å²) in [7, 11) is 1.59. The maximum absolute atomic E-state index is 12.3. The van der Waals surface area contributed by atoms with Crippen LogP contribution in [0.3, 0.4) is 0 Å². The van der Waals surface area contributed by atoms with Crippen molar-refractivity contribution < 1.29 is 14.3 Å². The highest BCUT2D eigenvalue weighted by Crippen LogP contribution is 2.17. The van der Waals surface area contributed by atoms with Crippen molar-refractivity contribution in [2.24, 2.45) is 0 Å².